The Kier molecular flexibility index (Phi) is 13.2. The molecule has 1 aliphatic rings. The second-order valence-corrected chi connectivity index (χ2v) is 10.0. The number of ether oxygens (including phenoxy) is 3. The van der Waals surface area contributed by atoms with Gasteiger partial charge in [0.25, 0.3) is 0 Å². The molecule has 0 spiro atoms. The van der Waals surface area contributed by atoms with Crippen LogP contribution in [0.15, 0.2) is 42.6 Å². The van der Waals surface area contributed by atoms with Crippen molar-refractivity contribution in [3.05, 3.63) is 48.2 Å². The van der Waals surface area contributed by atoms with Crippen molar-refractivity contribution in [3.63, 3.8) is 0 Å². The van der Waals surface area contributed by atoms with Crippen molar-refractivity contribution >= 4 is 0 Å². The number of aromatic nitrogens is 1. The Balaban J connectivity index is 1.34. The lowest BCUT2D eigenvalue weighted by atomic mass is 10.0. The first-order valence-electron chi connectivity index (χ1n) is 14.2. The zero-order valence-electron chi connectivity index (χ0n) is 22.2. The van der Waals surface area contributed by atoms with Crippen LogP contribution in [0.25, 0.3) is 11.3 Å². The van der Waals surface area contributed by atoms with Gasteiger partial charge in [-0.25, -0.2) is 0 Å². The number of pyridine rings is 1. The molecule has 0 atom stereocenters. The first kappa shape index (κ1) is 27.7. The summed E-state index contributed by atoms with van der Waals surface area (Å²) in [5.41, 5.74) is 3.03. The Morgan fingerprint density at radius 3 is 2.00 bits per heavy atom. The highest BCUT2D eigenvalue weighted by molar-refractivity contribution is 5.60. The second-order valence-electron chi connectivity index (χ2n) is 10.0. The van der Waals surface area contributed by atoms with Crippen LogP contribution >= 0.6 is 0 Å². The van der Waals surface area contributed by atoms with Gasteiger partial charge in [-0.3, -0.25) is 4.98 Å². The zero-order chi connectivity index (χ0) is 24.6. The highest BCUT2D eigenvalue weighted by Gasteiger charge is 2.23. The second kappa shape index (κ2) is 16.7. The fourth-order valence-corrected chi connectivity index (χ4v) is 4.63. The van der Waals surface area contributed by atoms with Crippen molar-refractivity contribution in [2.75, 3.05) is 19.8 Å². The van der Waals surface area contributed by atoms with Gasteiger partial charge in [0, 0.05) is 23.2 Å². The van der Waals surface area contributed by atoms with Crippen molar-refractivity contribution < 1.29 is 14.2 Å². The Morgan fingerprint density at radius 1 is 0.743 bits per heavy atom. The predicted octanol–water partition coefficient (Wildman–Crippen LogP) is 8.90. The van der Waals surface area contributed by atoms with Gasteiger partial charge >= 0.3 is 0 Å². The normalized spacial score (nSPS) is 18.0. The maximum atomic E-state index is 6.00. The van der Waals surface area contributed by atoms with Crippen LogP contribution < -0.4 is 4.74 Å². The standard InChI is InChI=1S/C31H47NO3/c1-3-5-7-9-10-11-12-14-22-33-29-19-16-27(17-20-29)30-21-18-28(23-32-30)31-34-24-26(25-35-31)15-13-8-6-4-2/h16-21,23,26,31H,3-15,22,24-25H2,1-2H3/t26-,31-. The van der Waals surface area contributed by atoms with Crippen LogP contribution in [0.3, 0.4) is 0 Å². The molecule has 2 heterocycles. The Morgan fingerprint density at radius 2 is 1.37 bits per heavy atom. The Bertz CT molecular complexity index is 782. The summed E-state index contributed by atoms with van der Waals surface area (Å²) in [4.78, 5) is 4.66. The molecule has 1 aliphatic heterocycles. The number of benzene rings is 1. The number of nitrogens with zero attached hydrogens (tertiary/aromatic N) is 1. The van der Waals surface area contributed by atoms with E-state index in [1.807, 2.05) is 18.3 Å². The lowest BCUT2D eigenvalue weighted by Gasteiger charge is -2.29. The quantitative estimate of drug-likeness (QED) is 0.211. The number of unbranched alkanes of at least 4 members (excludes halogenated alkanes) is 10. The molecule has 194 valence electrons. The third kappa shape index (κ3) is 10.3. The van der Waals surface area contributed by atoms with Gasteiger partial charge in [0.1, 0.15) is 5.75 Å². The number of hydrogen-bond acceptors (Lipinski definition) is 4. The van der Waals surface area contributed by atoms with E-state index in [0.717, 1.165) is 48.8 Å². The summed E-state index contributed by atoms with van der Waals surface area (Å²) in [7, 11) is 0. The SMILES string of the molecule is CCCCCCCCCCOc1ccc(-c2ccc([C@H]3OC[C@H](CCCCCC)CO3)cn2)cc1. The molecule has 0 radical (unpaired) electrons. The fraction of sp³-hybridized carbons (Fsp3) is 0.645. The zero-order valence-corrected chi connectivity index (χ0v) is 22.2. The maximum absolute atomic E-state index is 6.00. The monoisotopic (exact) mass is 481 g/mol. The van der Waals surface area contributed by atoms with E-state index < -0.39 is 0 Å². The van der Waals surface area contributed by atoms with Crippen molar-refractivity contribution in [2.45, 2.75) is 104 Å². The molecule has 0 unspecified atom stereocenters. The van der Waals surface area contributed by atoms with Gasteiger partial charge < -0.3 is 14.2 Å². The summed E-state index contributed by atoms with van der Waals surface area (Å²) in [5.74, 6) is 1.45. The van der Waals surface area contributed by atoms with Crippen LogP contribution in [-0.2, 0) is 9.47 Å². The van der Waals surface area contributed by atoms with Gasteiger partial charge in [-0.05, 0) is 43.2 Å². The largest absolute Gasteiger partial charge is 0.494 e. The molecule has 0 N–H and O–H groups in total. The predicted molar refractivity (Wildman–Crippen MR) is 145 cm³/mol. The third-order valence-corrected chi connectivity index (χ3v) is 6.91. The topological polar surface area (TPSA) is 40.6 Å². The molecular weight excluding hydrogens is 434 g/mol. The van der Waals surface area contributed by atoms with Crippen LogP contribution in [0.2, 0.25) is 0 Å². The average Bonchev–Trinajstić information content (AvgIpc) is 2.91. The molecular formula is C31H47NO3. The molecule has 1 aromatic carbocycles. The lowest BCUT2D eigenvalue weighted by molar-refractivity contribution is -0.206. The maximum Gasteiger partial charge on any atom is 0.185 e. The van der Waals surface area contributed by atoms with Gasteiger partial charge in [-0.2, -0.15) is 0 Å². The highest BCUT2D eigenvalue weighted by atomic mass is 16.7. The minimum absolute atomic E-state index is 0.296. The third-order valence-electron chi connectivity index (χ3n) is 6.91. The first-order valence-corrected chi connectivity index (χ1v) is 14.2. The first-order chi connectivity index (χ1) is 17.3. The van der Waals surface area contributed by atoms with E-state index in [9.17, 15) is 0 Å². The summed E-state index contributed by atoms with van der Waals surface area (Å²) in [5, 5.41) is 0. The van der Waals surface area contributed by atoms with Crippen molar-refractivity contribution in [2.24, 2.45) is 5.92 Å². The fourth-order valence-electron chi connectivity index (χ4n) is 4.63. The summed E-state index contributed by atoms with van der Waals surface area (Å²) in [6, 6.07) is 12.4. The summed E-state index contributed by atoms with van der Waals surface area (Å²) in [6.45, 7) is 6.86. The van der Waals surface area contributed by atoms with Gasteiger partial charge in [-0.15, -0.1) is 0 Å². The molecule has 0 bridgehead atoms. The lowest BCUT2D eigenvalue weighted by Crippen LogP contribution is -2.27. The molecule has 1 aromatic heterocycles. The summed E-state index contributed by atoms with van der Waals surface area (Å²) >= 11 is 0. The summed E-state index contributed by atoms with van der Waals surface area (Å²) in [6.07, 6.45) is 18.5. The number of rotatable bonds is 17. The van der Waals surface area contributed by atoms with Gasteiger partial charge in [0.15, 0.2) is 6.29 Å². The van der Waals surface area contributed by atoms with Gasteiger partial charge in [0.05, 0.1) is 25.5 Å². The van der Waals surface area contributed by atoms with Crippen molar-refractivity contribution in [1.29, 1.82) is 0 Å². The average molecular weight is 482 g/mol. The van der Waals surface area contributed by atoms with Crippen LogP contribution in [0.5, 0.6) is 5.75 Å². The molecule has 0 amide bonds. The molecule has 0 aliphatic carbocycles. The van der Waals surface area contributed by atoms with E-state index in [1.165, 1.54) is 77.0 Å². The van der Waals surface area contributed by atoms with Crippen LogP contribution in [-0.4, -0.2) is 24.8 Å². The number of hydrogen-bond donors (Lipinski definition) is 0. The van der Waals surface area contributed by atoms with E-state index >= 15 is 0 Å². The Hall–Kier alpha value is -1.91. The van der Waals surface area contributed by atoms with E-state index in [4.69, 9.17) is 14.2 Å². The summed E-state index contributed by atoms with van der Waals surface area (Å²) < 4.78 is 17.9. The Labute approximate surface area is 213 Å². The molecule has 1 fully saturated rings. The smallest absolute Gasteiger partial charge is 0.185 e. The van der Waals surface area contributed by atoms with Crippen LogP contribution in [0.1, 0.15) is 109 Å². The molecule has 3 rings (SSSR count). The molecule has 4 heteroatoms. The highest BCUT2D eigenvalue weighted by Crippen LogP contribution is 2.28. The van der Waals surface area contributed by atoms with E-state index in [2.05, 4.69) is 43.1 Å². The molecule has 1 saturated heterocycles. The minimum Gasteiger partial charge on any atom is -0.494 e. The molecule has 35 heavy (non-hydrogen) atoms. The van der Waals surface area contributed by atoms with E-state index in [0.29, 0.717) is 5.92 Å². The van der Waals surface area contributed by atoms with Crippen molar-refractivity contribution in [1.82, 2.24) is 4.98 Å². The van der Waals surface area contributed by atoms with Crippen LogP contribution in [0.4, 0.5) is 0 Å². The van der Waals surface area contributed by atoms with Gasteiger partial charge in [0.2, 0.25) is 0 Å². The van der Waals surface area contributed by atoms with E-state index in [-0.39, 0.29) is 6.29 Å². The molecule has 0 saturated carbocycles. The van der Waals surface area contributed by atoms with Crippen LogP contribution in [0, 0.1) is 5.92 Å². The van der Waals surface area contributed by atoms with E-state index in [1.54, 1.807) is 0 Å². The minimum atomic E-state index is -0.296. The molecule has 2 aromatic rings. The van der Waals surface area contributed by atoms with Gasteiger partial charge in [-0.1, -0.05) is 90.5 Å². The molecule has 4 nitrogen and oxygen atoms in total. The van der Waals surface area contributed by atoms with Crippen molar-refractivity contribution in [3.8, 4) is 17.0 Å².